The van der Waals surface area contributed by atoms with Gasteiger partial charge in [0, 0.05) is 47.7 Å². The maximum absolute atomic E-state index is 13.9. The van der Waals surface area contributed by atoms with Crippen molar-refractivity contribution >= 4 is 22.6 Å². The van der Waals surface area contributed by atoms with E-state index in [-0.39, 0.29) is 5.82 Å². The SMILES string of the molecule is CCn1c(-c2ccccc2Cl)cc2cnc(CCC3NCC3Cc3ccc(C)c(F)c3)nc21. The highest BCUT2D eigenvalue weighted by Gasteiger charge is 2.30. The fourth-order valence-corrected chi connectivity index (χ4v) is 4.99. The van der Waals surface area contributed by atoms with Gasteiger partial charge in [-0.1, -0.05) is 41.9 Å². The minimum absolute atomic E-state index is 0.117. The van der Waals surface area contributed by atoms with Crippen molar-refractivity contribution in [2.45, 2.75) is 45.7 Å². The second-order valence-corrected chi connectivity index (χ2v) is 9.33. The summed E-state index contributed by atoms with van der Waals surface area (Å²) in [5, 5.41) is 5.29. The monoisotopic (exact) mass is 462 g/mol. The smallest absolute Gasteiger partial charge is 0.144 e. The summed E-state index contributed by atoms with van der Waals surface area (Å²) in [6, 6.07) is 16.0. The molecule has 4 aromatic rings. The second kappa shape index (κ2) is 9.24. The Kier molecular flexibility index (Phi) is 6.17. The summed E-state index contributed by atoms with van der Waals surface area (Å²) in [4.78, 5) is 9.55. The van der Waals surface area contributed by atoms with E-state index < -0.39 is 0 Å². The van der Waals surface area contributed by atoms with Crippen LogP contribution in [0.25, 0.3) is 22.3 Å². The maximum atomic E-state index is 13.9. The van der Waals surface area contributed by atoms with Gasteiger partial charge in [-0.3, -0.25) is 0 Å². The van der Waals surface area contributed by atoms with E-state index in [0.717, 1.165) is 71.1 Å². The van der Waals surface area contributed by atoms with E-state index in [2.05, 4.69) is 27.9 Å². The molecule has 1 saturated heterocycles. The lowest BCUT2D eigenvalue weighted by molar-refractivity contribution is 0.217. The van der Waals surface area contributed by atoms with Crippen molar-refractivity contribution < 1.29 is 4.39 Å². The Balaban J connectivity index is 1.30. The van der Waals surface area contributed by atoms with Crippen LogP contribution in [0.15, 0.2) is 54.7 Å². The fraction of sp³-hybridized carbons (Fsp3) is 0.333. The summed E-state index contributed by atoms with van der Waals surface area (Å²) in [7, 11) is 0. The van der Waals surface area contributed by atoms with Crippen molar-refractivity contribution in [3.63, 3.8) is 0 Å². The Labute approximate surface area is 198 Å². The molecule has 6 heteroatoms. The van der Waals surface area contributed by atoms with Gasteiger partial charge in [-0.25, -0.2) is 14.4 Å². The van der Waals surface area contributed by atoms with Crippen LogP contribution in [0.4, 0.5) is 4.39 Å². The summed E-state index contributed by atoms with van der Waals surface area (Å²) in [6.07, 6.45) is 4.59. The first-order chi connectivity index (χ1) is 16.0. The highest BCUT2D eigenvalue weighted by atomic mass is 35.5. The van der Waals surface area contributed by atoms with Gasteiger partial charge in [0.15, 0.2) is 0 Å². The third-order valence-electron chi connectivity index (χ3n) is 6.77. The molecule has 2 atom stereocenters. The predicted octanol–water partition coefficient (Wildman–Crippen LogP) is 5.98. The molecule has 1 aliphatic rings. The van der Waals surface area contributed by atoms with Crippen molar-refractivity contribution in [3.8, 4) is 11.3 Å². The van der Waals surface area contributed by atoms with E-state index in [1.165, 1.54) is 0 Å². The van der Waals surface area contributed by atoms with Gasteiger partial charge < -0.3 is 9.88 Å². The van der Waals surface area contributed by atoms with Gasteiger partial charge >= 0.3 is 0 Å². The number of nitrogens with zero attached hydrogens (tertiary/aromatic N) is 3. The lowest BCUT2D eigenvalue weighted by Gasteiger charge is -2.38. The number of fused-ring (bicyclic) bond motifs is 1. The van der Waals surface area contributed by atoms with Gasteiger partial charge in [-0.05, 0) is 61.9 Å². The van der Waals surface area contributed by atoms with Crippen molar-refractivity contribution in [3.05, 3.63) is 82.5 Å². The van der Waals surface area contributed by atoms with E-state index in [1.807, 2.05) is 42.6 Å². The molecule has 0 saturated carbocycles. The molecule has 2 aromatic carbocycles. The van der Waals surface area contributed by atoms with E-state index >= 15 is 0 Å². The van der Waals surface area contributed by atoms with Crippen molar-refractivity contribution in [1.29, 1.82) is 0 Å². The number of benzene rings is 2. The third-order valence-corrected chi connectivity index (χ3v) is 7.10. The molecule has 0 amide bonds. The van der Waals surface area contributed by atoms with Crippen LogP contribution in [-0.2, 0) is 19.4 Å². The van der Waals surface area contributed by atoms with Crippen LogP contribution in [0.2, 0.25) is 5.02 Å². The summed E-state index contributed by atoms with van der Waals surface area (Å²) in [5.74, 6) is 1.25. The highest BCUT2D eigenvalue weighted by Crippen LogP contribution is 2.32. The highest BCUT2D eigenvalue weighted by molar-refractivity contribution is 6.33. The Morgan fingerprint density at radius 3 is 2.76 bits per heavy atom. The Hall–Kier alpha value is -2.76. The van der Waals surface area contributed by atoms with E-state index in [4.69, 9.17) is 16.6 Å². The number of hydrogen-bond donors (Lipinski definition) is 1. The maximum Gasteiger partial charge on any atom is 0.144 e. The molecule has 1 N–H and O–H groups in total. The van der Waals surface area contributed by atoms with E-state index in [9.17, 15) is 4.39 Å². The molecule has 4 nitrogen and oxygen atoms in total. The largest absolute Gasteiger partial charge is 0.325 e. The number of halogens is 2. The predicted molar refractivity (Wildman–Crippen MR) is 132 cm³/mol. The molecule has 2 unspecified atom stereocenters. The number of rotatable bonds is 7. The molecule has 3 heterocycles. The molecular formula is C27H28ClFN4. The molecule has 5 rings (SSSR count). The van der Waals surface area contributed by atoms with E-state index in [1.54, 1.807) is 13.0 Å². The summed E-state index contributed by atoms with van der Waals surface area (Å²) in [5.41, 5.74) is 4.79. The topological polar surface area (TPSA) is 42.7 Å². The van der Waals surface area contributed by atoms with Gasteiger partial charge in [0.1, 0.15) is 17.3 Å². The first-order valence-corrected chi connectivity index (χ1v) is 12.0. The molecule has 1 fully saturated rings. The lowest BCUT2D eigenvalue weighted by atomic mass is 9.83. The average molecular weight is 463 g/mol. The summed E-state index contributed by atoms with van der Waals surface area (Å²) >= 11 is 6.46. The van der Waals surface area contributed by atoms with Gasteiger partial charge in [0.25, 0.3) is 0 Å². The van der Waals surface area contributed by atoms with Gasteiger partial charge in [0.2, 0.25) is 0 Å². The third kappa shape index (κ3) is 4.40. The van der Waals surface area contributed by atoms with Crippen LogP contribution in [-0.4, -0.2) is 27.1 Å². The first kappa shape index (κ1) is 22.1. The first-order valence-electron chi connectivity index (χ1n) is 11.6. The van der Waals surface area contributed by atoms with Crippen LogP contribution in [0.1, 0.15) is 30.3 Å². The van der Waals surface area contributed by atoms with Gasteiger partial charge in [-0.2, -0.15) is 0 Å². The lowest BCUT2D eigenvalue weighted by Crippen LogP contribution is -2.53. The molecule has 33 heavy (non-hydrogen) atoms. The molecule has 0 aliphatic carbocycles. The van der Waals surface area contributed by atoms with Crippen LogP contribution in [0, 0.1) is 18.7 Å². The molecule has 0 spiro atoms. The van der Waals surface area contributed by atoms with Crippen molar-refractivity contribution in [2.24, 2.45) is 5.92 Å². The zero-order valence-electron chi connectivity index (χ0n) is 19.0. The average Bonchev–Trinajstić information content (AvgIpc) is 3.17. The zero-order chi connectivity index (χ0) is 22.9. The van der Waals surface area contributed by atoms with Crippen LogP contribution >= 0.6 is 11.6 Å². The van der Waals surface area contributed by atoms with E-state index in [0.29, 0.717) is 17.5 Å². The van der Waals surface area contributed by atoms with Crippen LogP contribution in [0.5, 0.6) is 0 Å². The zero-order valence-corrected chi connectivity index (χ0v) is 19.7. The van der Waals surface area contributed by atoms with Gasteiger partial charge in [0.05, 0.1) is 5.69 Å². The number of nitrogens with one attached hydrogen (secondary N) is 1. The standard InChI is InChI=1S/C27H28ClFN4/c1-3-33-25(21-6-4-5-7-22(21)28)14-20-16-31-26(32-27(20)33)11-10-24-19(15-30-24)12-18-9-8-17(2)23(29)13-18/h4-9,13-14,16,19,24,30H,3,10-12,15H2,1-2H3. The molecule has 0 bridgehead atoms. The molecule has 0 radical (unpaired) electrons. The fourth-order valence-electron chi connectivity index (χ4n) is 4.76. The minimum atomic E-state index is -0.117. The van der Waals surface area contributed by atoms with Gasteiger partial charge in [-0.15, -0.1) is 0 Å². The molecule has 2 aromatic heterocycles. The van der Waals surface area contributed by atoms with Crippen LogP contribution < -0.4 is 5.32 Å². The molecule has 1 aliphatic heterocycles. The normalized spacial score (nSPS) is 17.9. The number of aromatic nitrogens is 3. The number of aryl methyl sites for hydroxylation is 3. The Morgan fingerprint density at radius 2 is 2.03 bits per heavy atom. The summed E-state index contributed by atoms with van der Waals surface area (Å²) in [6.45, 7) is 5.70. The molecule has 170 valence electrons. The van der Waals surface area contributed by atoms with Crippen LogP contribution in [0.3, 0.4) is 0 Å². The Morgan fingerprint density at radius 1 is 1.18 bits per heavy atom. The quantitative estimate of drug-likeness (QED) is 0.367. The summed E-state index contributed by atoms with van der Waals surface area (Å²) < 4.78 is 16.1. The van der Waals surface area contributed by atoms with Crippen molar-refractivity contribution in [2.75, 3.05) is 6.54 Å². The number of hydrogen-bond acceptors (Lipinski definition) is 3. The second-order valence-electron chi connectivity index (χ2n) is 8.92. The van der Waals surface area contributed by atoms with Crippen molar-refractivity contribution in [1.82, 2.24) is 19.9 Å². The molecular weight excluding hydrogens is 435 g/mol. The minimum Gasteiger partial charge on any atom is -0.325 e. The Bertz CT molecular complexity index is 1300.